The molecule has 0 aliphatic carbocycles. The maximum absolute atomic E-state index is 12.5. The van der Waals surface area contributed by atoms with Gasteiger partial charge in [-0.25, -0.2) is 4.98 Å². The summed E-state index contributed by atoms with van der Waals surface area (Å²) in [5, 5.41) is 5.28. The van der Waals surface area contributed by atoms with Crippen LogP contribution in [0.2, 0.25) is 0 Å². The fraction of sp³-hybridized carbons (Fsp3) is 0.450. The van der Waals surface area contributed by atoms with Crippen molar-refractivity contribution in [1.82, 2.24) is 9.88 Å². The van der Waals surface area contributed by atoms with Gasteiger partial charge in [-0.05, 0) is 11.8 Å². The monoisotopic (exact) mass is 373 g/mol. The van der Waals surface area contributed by atoms with Crippen LogP contribution >= 0.6 is 11.3 Å². The van der Waals surface area contributed by atoms with Crippen LogP contribution in [-0.4, -0.2) is 34.8 Å². The minimum Gasteiger partial charge on any atom is -0.333 e. The summed E-state index contributed by atoms with van der Waals surface area (Å²) in [6, 6.07) is 9.83. The van der Waals surface area contributed by atoms with E-state index in [1.807, 2.05) is 63.4 Å². The molecule has 26 heavy (non-hydrogen) atoms. The Labute approximate surface area is 159 Å². The molecule has 2 rings (SSSR count). The second-order valence-corrected chi connectivity index (χ2v) is 8.36. The lowest BCUT2D eigenvalue weighted by molar-refractivity contribution is -0.136. The van der Waals surface area contributed by atoms with Gasteiger partial charge in [-0.3, -0.25) is 9.59 Å². The minimum absolute atomic E-state index is 0.0126. The Morgan fingerprint density at radius 1 is 1.19 bits per heavy atom. The predicted octanol–water partition coefficient (Wildman–Crippen LogP) is 4.42. The van der Waals surface area contributed by atoms with Crippen molar-refractivity contribution in [3.8, 4) is 11.3 Å². The maximum atomic E-state index is 12.5. The van der Waals surface area contributed by atoms with Crippen LogP contribution in [0.4, 0.5) is 5.13 Å². The SMILES string of the molecule is CCCN(CC(=O)Nc1nc(-c2ccccc2)cs1)C(=O)CC(C)(C)C. The molecule has 0 atom stereocenters. The molecule has 0 spiro atoms. The number of anilines is 1. The highest BCUT2D eigenvalue weighted by molar-refractivity contribution is 7.14. The van der Waals surface area contributed by atoms with E-state index in [1.54, 1.807) is 4.90 Å². The van der Waals surface area contributed by atoms with E-state index in [9.17, 15) is 9.59 Å². The molecule has 0 unspecified atom stereocenters. The average molecular weight is 374 g/mol. The first-order valence-corrected chi connectivity index (χ1v) is 9.75. The van der Waals surface area contributed by atoms with E-state index in [0.717, 1.165) is 17.7 Å². The third-order valence-electron chi connectivity index (χ3n) is 3.68. The quantitative estimate of drug-likeness (QED) is 0.781. The van der Waals surface area contributed by atoms with E-state index in [4.69, 9.17) is 0 Å². The summed E-state index contributed by atoms with van der Waals surface area (Å²) in [6.07, 6.45) is 1.24. The third-order valence-corrected chi connectivity index (χ3v) is 4.44. The van der Waals surface area contributed by atoms with E-state index in [1.165, 1.54) is 11.3 Å². The molecule has 0 saturated carbocycles. The topological polar surface area (TPSA) is 62.3 Å². The molecular weight excluding hydrogens is 346 g/mol. The van der Waals surface area contributed by atoms with E-state index in [-0.39, 0.29) is 23.8 Å². The van der Waals surface area contributed by atoms with Crippen molar-refractivity contribution in [3.05, 3.63) is 35.7 Å². The van der Waals surface area contributed by atoms with Gasteiger partial charge in [0.25, 0.3) is 0 Å². The average Bonchev–Trinajstić information content (AvgIpc) is 3.02. The Morgan fingerprint density at radius 3 is 2.50 bits per heavy atom. The van der Waals surface area contributed by atoms with Crippen LogP contribution in [0, 0.1) is 5.41 Å². The van der Waals surface area contributed by atoms with Gasteiger partial charge in [-0.1, -0.05) is 58.0 Å². The fourth-order valence-electron chi connectivity index (χ4n) is 2.53. The van der Waals surface area contributed by atoms with Crippen LogP contribution in [-0.2, 0) is 9.59 Å². The first-order valence-electron chi connectivity index (χ1n) is 8.87. The molecule has 140 valence electrons. The highest BCUT2D eigenvalue weighted by atomic mass is 32.1. The molecule has 0 saturated heterocycles. The number of aromatic nitrogens is 1. The van der Waals surface area contributed by atoms with Crippen LogP contribution in [0.3, 0.4) is 0 Å². The first-order chi connectivity index (χ1) is 12.3. The van der Waals surface area contributed by atoms with Crippen LogP contribution in [0.25, 0.3) is 11.3 Å². The molecule has 2 aromatic rings. The zero-order valence-corrected chi connectivity index (χ0v) is 16.7. The van der Waals surface area contributed by atoms with Gasteiger partial charge in [0, 0.05) is 23.9 Å². The maximum Gasteiger partial charge on any atom is 0.245 e. The van der Waals surface area contributed by atoms with Gasteiger partial charge < -0.3 is 10.2 Å². The normalized spacial score (nSPS) is 11.2. The van der Waals surface area contributed by atoms with Gasteiger partial charge in [0.2, 0.25) is 11.8 Å². The molecule has 6 heteroatoms. The smallest absolute Gasteiger partial charge is 0.245 e. The number of benzene rings is 1. The molecule has 5 nitrogen and oxygen atoms in total. The summed E-state index contributed by atoms with van der Waals surface area (Å²) < 4.78 is 0. The van der Waals surface area contributed by atoms with Crippen LogP contribution in [0.15, 0.2) is 35.7 Å². The van der Waals surface area contributed by atoms with Crippen LogP contribution in [0.5, 0.6) is 0 Å². The predicted molar refractivity (Wildman–Crippen MR) is 107 cm³/mol. The molecular formula is C20H27N3O2S. The largest absolute Gasteiger partial charge is 0.333 e. The number of thiazole rings is 1. The Kier molecular flexibility index (Phi) is 6.91. The molecule has 1 heterocycles. The van der Waals surface area contributed by atoms with E-state index >= 15 is 0 Å². The summed E-state index contributed by atoms with van der Waals surface area (Å²) in [6.45, 7) is 8.71. The Bertz CT molecular complexity index is 735. The van der Waals surface area contributed by atoms with Crippen molar-refractivity contribution >= 4 is 28.3 Å². The molecule has 1 aromatic carbocycles. The van der Waals surface area contributed by atoms with Crippen molar-refractivity contribution < 1.29 is 9.59 Å². The molecule has 0 aliphatic rings. The molecule has 1 N–H and O–H groups in total. The van der Waals surface area contributed by atoms with Gasteiger partial charge >= 0.3 is 0 Å². The lowest BCUT2D eigenvalue weighted by atomic mass is 9.91. The van der Waals surface area contributed by atoms with Crippen LogP contribution in [0.1, 0.15) is 40.5 Å². The summed E-state index contributed by atoms with van der Waals surface area (Å²) >= 11 is 1.39. The highest BCUT2D eigenvalue weighted by Gasteiger charge is 2.22. The van der Waals surface area contributed by atoms with Crippen molar-refractivity contribution in [1.29, 1.82) is 0 Å². The number of nitrogens with one attached hydrogen (secondary N) is 1. The number of carbonyl (C=O) groups excluding carboxylic acids is 2. The van der Waals surface area contributed by atoms with Gasteiger partial charge in [0.15, 0.2) is 5.13 Å². The van der Waals surface area contributed by atoms with Crippen molar-refractivity contribution in [2.45, 2.75) is 40.5 Å². The summed E-state index contributed by atoms with van der Waals surface area (Å²) in [7, 11) is 0. The number of amides is 2. The van der Waals surface area contributed by atoms with Gasteiger partial charge in [-0.15, -0.1) is 11.3 Å². The first kappa shape index (κ1) is 20.1. The molecule has 0 radical (unpaired) electrons. The van der Waals surface area contributed by atoms with Gasteiger partial charge in [0.1, 0.15) is 0 Å². The number of nitrogens with zero attached hydrogens (tertiary/aromatic N) is 2. The lowest BCUT2D eigenvalue weighted by Gasteiger charge is -2.25. The Morgan fingerprint density at radius 2 is 1.88 bits per heavy atom. The number of hydrogen-bond donors (Lipinski definition) is 1. The Balaban J connectivity index is 1.98. The van der Waals surface area contributed by atoms with Crippen molar-refractivity contribution in [2.24, 2.45) is 5.41 Å². The Hall–Kier alpha value is -2.21. The van der Waals surface area contributed by atoms with Gasteiger partial charge in [0.05, 0.1) is 12.2 Å². The van der Waals surface area contributed by atoms with Crippen LogP contribution < -0.4 is 5.32 Å². The minimum atomic E-state index is -0.213. The number of carbonyl (C=O) groups is 2. The van der Waals surface area contributed by atoms with Gasteiger partial charge in [-0.2, -0.15) is 0 Å². The summed E-state index contributed by atoms with van der Waals surface area (Å²) in [5.74, 6) is -0.201. The van der Waals surface area contributed by atoms with E-state index in [0.29, 0.717) is 18.1 Å². The summed E-state index contributed by atoms with van der Waals surface area (Å²) in [4.78, 5) is 30.9. The second kappa shape index (κ2) is 8.94. The second-order valence-electron chi connectivity index (χ2n) is 7.50. The lowest BCUT2D eigenvalue weighted by Crippen LogP contribution is -2.39. The zero-order valence-electron chi connectivity index (χ0n) is 15.9. The van der Waals surface area contributed by atoms with E-state index in [2.05, 4.69) is 10.3 Å². The molecule has 0 aliphatic heterocycles. The standard InChI is InChI=1S/C20H27N3O2S/c1-5-11-23(18(25)12-20(2,3)4)13-17(24)22-19-21-16(14-26-19)15-9-7-6-8-10-15/h6-10,14H,5,11-13H2,1-4H3,(H,21,22,24). The fourth-order valence-corrected chi connectivity index (χ4v) is 3.27. The zero-order chi connectivity index (χ0) is 19.2. The third kappa shape index (κ3) is 6.26. The van der Waals surface area contributed by atoms with Crippen molar-refractivity contribution in [3.63, 3.8) is 0 Å². The van der Waals surface area contributed by atoms with Crippen molar-refractivity contribution in [2.75, 3.05) is 18.4 Å². The summed E-state index contributed by atoms with van der Waals surface area (Å²) in [5.41, 5.74) is 1.75. The number of rotatable bonds is 7. The molecule has 0 fully saturated rings. The highest BCUT2D eigenvalue weighted by Crippen LogP contribution is 2.24. The molecule has 0 bridgehead atoms. The number of hydrogen-bond acceptors (Lipinski definition) is 4. The molecule has 1 aromatic heterocycles. The van der Waals surface area contributed by atoms with E-state index < -0.39 is 0 Å². The molecule has 2 amide bonds.